The lowest BCUT2D eigenvalue weighted by Crippen LogP contribution is -2.12. The highest BCUT2D eigenvalue weighted by Gasteiger charge is 2.22. The van der Waals surface area contributed by atoms with Crippen molar-refractivity contribution < 1.29 is 19.0 Å². The summed E-state index contributed by atoms with van der Waals surface area (Å²) >= 11 is 2.86. The number of amides is 1. The predicted molar refractivity (Wildman–Crippen MR) is 107 cm³/mol. The first-order valence-corrected chi connectivity index (χ1v) is 10.1. The molecule has 0 saturated heterocycles. The van der Waals surface area contributed by atoms with E-state index in [1.165, 1.54) is 23.1 Å². The molecule has 11 heteroatoms. The molecule has 0 bridgehead atoms. The van der Waals surface area contributed by atoms with Crippen molar-refractivity contribution in [2.24, 2.45) is 0 Å². The number of hydrogen-bond acceptors (Lipinski definition) is 9. The van der Waals surface area contributed by atoms with E-state index in [4.69, 9.17) is 14.2 Å². The zero-order valence-corrected chi connectivity index (χ0v) is 16.6. The normalized spacial score (nSPS) is 12.3. The molecule has 0 saturated carbocycles. The van der Waals surface area contributed by atoms with Crippen LogP contribution in [0.2, 0.25) is 0 Å². The molecule has 9 nitrogen and oxygen atoms in total. The summed E-state index contributed by atoms with van der Waals surface area (Å²) in [6.07, 6.45) is 0. The molecule has 0 aliphatic carbocycles. The van der Waals surface area contributed by atoms with Crippen LogP contribution in [0.4, 0.5) is 5.95 Å². The Morgan fingerprint density at radius 3 is 2.97 bits per heavy atom. The Morgan fingerprint density at radius 2 is 2.14 bits per heavy atom. The van der Waals surface area contributed by atoms with Gasteiger partial charge in [-0.2, -0.15) is 0 Å². The van der Waals surface area contributed by atoms with E-state index in [9.17, 15) is 4.79 Å². The topological polar surface area (TPSA) is 111 Å². The quantitative estimate of drug-likeness (QED) is 0.497. The molecule has 2 aromatic heterocycles. The smallest absolute Gasteiger partial charge is 0.269 e. The minimum absolute atomic E-state index is 0.184. The molecule has 5 rings (SSSR count). The lowest BCUT2D eigenvalue weighted by atomic mass is 10.2. The standard InChI is InChI=1S/C18H13N5O4S2/c1-25-9-2-5-14-11(6-9)15(16(29-14)17(24)19-18-20-22-23-21-18)28-10-3-4-12-13(7-10)27-8-26-12/h2-7H,8H2,1H3,(H2,19,20,21,22,23,24). The first-order chi connectivity index (χ1) is 14.2. The molecule has 29 heavy (non-hydrogen) atoms. The zero-order valence-electron chi connectivity index (χ0n) is 15.0. The molecule has 0 atom stereocenters. The molecule has 0 fully saturated rings. The third kappa shape index (κ3) is 3.34. The molecule has 2 aromatic carbocycles. The molecule has 1 amide bonds. The number of nitrogens with one attached hydrogen (secondary N) is 2. The van der Waals surface area contributed by atoms with Crippen LogP contribution in [-0.4, -0.2) is 40.4 Å². The molecule has 146 valence electrons. The van der Waals surface area contributed by atoms with Crippen LogP contribution in [0.25, 0.3) is 10.1 Å². The van der Waals surface area contributed by atoms with Gasteiger partial charge >= 0.3 is 0 Å². The van der Waals surface area contributed by atoms with Crippen LogP contribution in [0.3, 0.4) is 0 Å². The van der Waals surface area contributed by atoms with Crippen LogP contribution in [-0.2, 0) is 0 Å². The number of ether oxygens (including phenoxy) is 3. The number of aromatic amines is 1. The van der Waals surface area contributed by atoms with Crippen LogP contribution in [0.5, 0.6) is 17.2 Å². The average Bonchev–Trinajstić information content (AvgIpc) is 3.47. The van der Waals surface area contributed by atoms with Crippen molar-refractivity contribution in [3.05, 3.63) is 41.3 Å². The monoisotopic (exact) mass is 427 g/mol. The van der Waals surface area contributed by atoms with E-state index >= 15 is 0 Å². The van der Waals surface area contributed by atoms with Crippen LogP contribution in [0, 0.1) is 0 Å². The molecular weight excluding hydrogens is 414 g/mol. The van der Waals surface area contributed by atoms with Crippen LogP contribution in [0.1, 0.15) is 9.67 Å². The lowest BCUT2D eigenvalue weighted by molar-refractivity contribution is 0.102. The van der Waals surface area contributed by atoms with Crippen LogP contribution < -0.4 is 19.5 Å². The van der Waals surface area contributed by atoms with E-state index in [0.717, 1.165) is 19.9 Å². The summed E-state index contributed by atoms with van der Waals surface area (Å²) in [5.74, 6) is 2.00. The number of anilines is 1. The maximum atomic E-state index is 12.9. The minimum atomic E-state index is -0.299. The predicted octanol–water partition coefficient (Wildman–Crippen LogP) is 3.56. The molecule has 0 radical (unpaired) electrons. The number of hydrogen-bond donors (Lipinski definition) is 2. The van der Waals surface area contributed by atoms with Gasteiger partial charge in [0.05, 0.1) is 7.11 Å². The third-order valence-electron chi connectivity index (χ3n) is 4.20. The van der Waals surface area contributed by atoms with E-state index in [0.29, 0.717) is 22.1 Å². The molecule has 4 aromatic rings. The average molecular weight is 427 g/mol. The first kappa shape index (κ1) is 17.8. The van der Waals surface area contributed by atoms with Gasteiger partial charge in [-0.05, 0) is 46.8 Å². The maximum absolute atomic E-state index is 12.9. The summed E-state index contributed by atoms with van der Waals surface area (Å²) in [7, 11) is 1.61. The number of aromatic nitrogens is 4. The van der Waals surface area contributed by atoms with Gasteiger partial charge in [0, 0.05) is 19.9 Å². The van der Waals surface area contributed by atoms with Gasteiger partial charge < -0.3 is 14.2 Å². The summed E-state index contributed by atoms with van der Waals surface area (Å²) in [5.41, 5.74) is 0. The number of tetrazole rings is 1. The van der Waals surface area contributed by atoms with Gasteiger partial charge in [-0.1, -0.05) is 16.9 Å². The number of methoxy groups -OCH3 is 1. The van der Waals surface area contributed by atoms with Gasteiger partial charge in [-0.15, -0.1) is 11.3 Å². The maximum Gasteiger partial charge on any atom is 0.269 e. The lowest BCUT2D eigenvalue weighted by Gasteiger charge is -2.06. The molecule has 1 aliphatic rings. The Kier molecular flexibility index (Phi) is 4.45. The Morgan fingerprint density at radius 1 is 1.24 bits per heavy atom. The second-order valence-corrected chi connectivity index (χ2v) is 8.08. The van der Waals surface area contributed by atoms with Gasteiger partial charge in [-0.25, -0.2) is 5.10 Å². The fourth-order valence-electron chi connectivity index (χ4n) is 2.87. The Bertz CT molecular complexity index is 1210. The van der Waals surface area contributed by atoms with Crippen molar-refractivity contribution >= 4 is 45.0 Å². The van der Waals surface area contributed by atoms with E-state index in [1.54, 1.807) is 7.11 Å². The summed E-state index contributed by atoms with van der Waals surface area (Å²) in [6, 6.07) is 11.4. The summed E-state index contributed by atoms with van der Waals surface area (Å²) < 4.78 is 17.2. The van der Waals surface area contributed by atoms with Crippen molar-refractivity contribution in [1.29, 1.82) is 0 Å². The van der Waals surface area contributed by atoms with Gasteiger partial charge in [-0.3, -0.25) is 10.1 Å². The van der Waals surface area contributed by atoms with Crippen molar-refractivity contribution in [3.8, 4) is 17.2 Å². The second kappa shape index (κ2) is 7.26. The van der Waals surface area contributed by atoms with Crippen LogP contribution >= 0.6 is 23.1 Å². The molecule has 1 aliphatic heterocycles. The molecule has 2 N–H and O–H groups in total. The van der Waals surface area contributed by atoms with Crippen LogP contribution in [0.15, 0.2) is 46.2 Å². The van der Waals surface area contributed by atoms with E-state index in [2.05, 4.69) is 25.9 Å². The fraction of sp³-hybridized carbons (Fsp3) is 0.111. The molecule has 0 spiro atoms. The summed E-state index contributed by atoms with van der Waals surface area (Å²) in [4.78, 5) is 15.2. The van der Waals surface area contributed by atoms with Gasteiger partial charge in [0.2, 0.25) is 12.7 Å². The number of H-pyrrole nitrogens is 1. The van der Waals surface area contributed by atoms with Gasteiger partial charge in [0.25, 0.3) is 5.91 Å². The Balaban J connectivity index is 1.57. The summed E-state index contributed by atoms with van der Waals surface area (Å²) in [6.45, 7) is 0.209. The fourth-order valence-corrected chi connectivity index (χ4v) is 5.16. The highest BCUT2D eigenvalue weighted by molar-refractivity contribution is 7.99. The number of rotatable bonds is 5. The SMILES string of the molecule is COc1ccc2sc(C(=O)Nc3nnn[nH]3)c(Sc3ccc4c(c3)OCO4)c2c1. The largest absolute Gasteiger partial charge is 0.497 e. The van der Waals surface area contributed by atoms with E-state index in [1.807, 2.05) is 36.4 Å². The molecule has 3 heterocycles. The first-order valence-electron chi connectivity index (χ1n) is 8.44. The van der Waals surface area contributed by atoms with Gasteiger partial charge in [0.1, 0.15) is 10.6 Å². The van der Waals surface area contributed by atoms with Crippen molar-refractivity contribution in [2.45, 2.75) is 9.79 Å². The number of nitrogens with zero attached hydrogens (tertiary/aromatic N) is 3. The van der Waals surface area contributed by atoms with E-state index in [-0.39, 0.29) is 18.6 Å². The van der Waals surface area contributed by atoms with Gasteiger partial charge in [0.15, 0.2) is 11.5 Å². The Labute approximate surface area is 172 Å². The van der Waals surface area contributed by atoms with E-state index < -0.39 is 0 Å². The molecule has 0 unspecified atom stereocenters. The molecular formula is C18H13N5O4S2. The number of carbonyl (C=O) groups excluding carboxylic acids is 1. The highest BCUT2D eigenvalue weighted by Crippen LogP contribution is 2.45. The number of carbonyl (C=O) groups is 1. The van der Waals surface area contributed by atoms with Crippen molar-refractivity contribution in [2.75, 3.05) is 19.2 Å². The highest BCUT2D eigenvalue weighted by atomic mass is 32.2. The van der Waals surface area contributed by atoms with Crippen molar-refractivity contribution in [3.63, 3.8) is 0 Å². The number of thiophene rings is 1. The summed E-state index contributed by atoms with van der Waals surface area (Å²) in [5, 5.41) is 16.8. The Hall–Kier alpha value is -3.31. The zero-order chi connectivity index (χ0) is 19.8. The number of benzene rings is 2. The third-order valence-corrected chi connectivity index (χ3v) is 6.61. The second-order valence-electron chi connectivity index (χ2n) is 5.94. The van der Waals surface area contributed by atoms with Crippen molar-refractivity contribution in [1.82, 2.24) is 20.6 Å². The number of fused-ring (bicyclic) bond motifs is 2. The minimum Gasteiger partial charge on any atom is -0.497 e.